The van der Waals surface area contributed by atoms with E-state index in [-0.39, 0.29) is 25.7 Å². The van der Waals surface area contributed by atoms with Crippen LogP contribution in [0.1, 0.15) is 24.0 Å². The first-order valence-corrected chi connectivity index (χ1v) is 12.4. The molecule has 1 aliphatic heterocycles. The zero-order valence-corrected chi connectivity index (χ0v) is 19.0. The summed E-state index contributed by atoms with van der Waals surface area (Å²) < 4.78 is 36.5. The molecule has 0 radical (unpaired) electrons. The smallest absolute Gasteiger partial charge is 0.232 e. The van der Waals surface area contributed by atoms with E-state index in [1.807, 2.05) is 36.4 Å². The zero-order valence-electron chi connectivity index (χ0n) is 18.2. The van der Waals surface area contributed by atoms with E-state index in [2.05, 4.69) is 10.3 Å². The maximum atomic E-state index is 12.4. The van der Waals surface area contributed by atoms with Crippen molar-refractivity contribution in [3.05, 3.63) is 78.1 Å². The number of sulfonamides is 1. The molecule has 1 amide bonds. The minimum Gasteiger partial charge on any atom is -0.454 e. The van der Waals surface area contributed by atoms with Crippen molar-refractivity contribution >= 4 is 27.3 Å². The lowest BCUT2D eigenvalue weighted by molar-refractivity contribution is -0.116. The fourth-order valence-electron chi connectivity index (χ4n) is 3.58. The number of carbonyl (C=O) groups is 1. The Morgan fingerprint density at radius 3 is 2.42 bits per heavy atom. The first-order chi connectivity index (χ1) is 15.9. The van der Waals surface area contributed by atoms with Crippen LogP contribution in [0.3, 0.4) is 0 Å². The molecule has 0 atom stereocenters. The van der Waals surface area contributed by atoms with Gasteiger partial charge in [-0.1, -0.05) is 12.1 Å². The van der Waals surface area contributed by atoms with Crippen molar-refractivity contribution in [2.45, 2.75) is 19.3 Å². The van der Waals surface area contributed by atoms with Crippen LogP contribution in [-0.4, -0.2) is 38.9 Å². The summed E-state index contributed by atoms with van der Waals surface area (Å²) >= 11 is 0. The van der Waals surface area contributed by atoms with E-state index in [4.69, 9.17) is 9.47 Å². The number of nitrogens with zero attached hydrogens (tertiary/aromatic N) is 2. The molecule has 0 fully saturated rings. The van der Waals surface area contributed by atoms with Crippen LogP contribution in [0.15, 0.2) is 67.0 Å². The van der Waals surface area contributed by atoms with E-state index in [0.29, 0.717) is 29.3 Å². The van der Waals surface area contributed by atoms with Gasteiger partial charge in [-0.2, -0.15) is 0 Å². The number of rotatable bonds is 9. The summed E-state index contributed by atoms with van der Waals surface area (Å²) in [6, 6.07) is 16.6. The molecule has 0 unspecified atom stereocenters. The van der Waals surface area contributed by atoms with Gasteiger partial charge in [0.05, 0.1) is 11.9 Å². The van der Waals surface area contributed by atoms with Crippen LogP contribution in [-0.2, 0) is 21.2 Å². The second-order valence-corrected chi connectivity index (χ2v) is 9.66. The Kier molecular flexibility index (Phi) is 6.79. The summed E-state index contributed by atoms with van der Waals surface area (Å²) in [6.45, 7) is 0.291. The minimum absolute atomic E-state index is 0.114. The third kappa shape index (κ3) is 6.01. The minimum atomic E-state index is -3.52. The molecule has 0 saturated heterocycles. The van der Waals surface area contributed by atoms with Crippen LogP contribution in [0.2, 0.25) is 0 Å². The van der Waals surface area contributed by atoms with Crippen molar-refractivity contribution in [2.75, 3.05) is 29.2 Å². The molecule has 9 heteroatoms. The Morgan fingerprint density at radius 1 is 1.00 bits per heavy atom. The highest BCUT2D eigenvalue weighted by atomic mass is 32.2. The number of nitrogens with one attached hydrogen (secondary N) is 1. The van der Waals surface area contributed by atoms with Gasteiger partial charge in [-0.05, 0) is 60.4 Å². The van der Waals surface area contributed by atoms with Crippen LogP contribution in [0.25, 0.3) is 0 Å². The zero-order chi connectivity index (χ0) is 23.3. The van der Waals surface area contributed by atoms with Crippen LogP contribution in [0.4, 0.5) is 11.4 Å². The van der Waals surface area contributed by atoms with Crippen molar-refractivity contribution < 1.29 is 22.7 Å². The predicted molar refractivity (Wildman–Crippen MR) is 126 cm³/mol. The highest BCUT2D eigenvalue weighted by Gasteiger charge is 2.21. The predicted octanol–water partition coefficient (Wildman–Crippen LogP) is 3.59. The standard InChI is InChI=1S/C24H25N3O5S/c1-33(29,30)27(21-8-9-22-23(16-21)32-17-31-22)14-2-3-24(28)26-20-6-4-18(5-7-20)15-19-10-12-25-13-11-19/h4-13,16H,2-3,14-15,17H2,1H3,(H,26,28). The van der Waals surface area contributed by atoms with Gasteiger partial charge in [-0.3, -0.25) is 14.1 Å². The second kappa shape index (κ2) is 9.91. The number of ether oxygens (including phenoxy) is 2. The van der Waals surface area contributed by atoms with Crippen LogP contribution in [0.5, 0.6) is 11.5 Å². The van der Waals surface area contributed by atoms with Gasteiger partial charge in [0.25, 0.3) is 0 Å². The Bertz CT molecular complexity index is 1210. The molecule has 2 heterocycles. The Hall–Kier alpha value is -3.59. The fraction of sp³-hybridized carbons (Fsp3) is 0.250. The molecule has 0 saturated carbocycles. The monoisotopic (exact) mass is 467 g/mol. The molecule has 0 spiro atoms. The number of benzene rings is 2. The lowest BCUT2D eigenvalue weighted by Gasteiger charge is -2.22. The molecule has 0 bridgehead atoms. The molecular formula is C24H25N3O5S. The van der Waals surface area contributed by atoms with Gasteiger partial charge in [0, 0.05) is 37.1 Å². The molecule has 2 aromatic carbocycles. The molecule has 3 aromatic rings. The van der Waals surface area contributed by atoms with Crippen molar-refractivity contribution in [1.29, 1.82) is 0 Å². The molecule has 0 aliphatic carbocycles. The third-order valence-electron chi connectivity index (χ3n) is 5.20. The second-order valence-electron chi connectivity index (χ2n) is 7.75. The maximum absolute atomic E-state index is 12.4. The number of pyridine rings is 1. The molecule has 1 aromatic heterocycles. The van der Waals surface area contributed by atoms with E-state index < -0.39 is 10.0 Å². The van der Waals surface area contributed by atoms with E-state index in [1.165, 1.54) is 9.87 Å². The molecule has 8 nitrogen and oxygen atoms in total. The first kappa shape index (κ1) is 22.6. The van der Waals surface area contributed by atoms with E-state index >= 15 is 0 Å². The normalized spacial score (nSPS) is 12.4. The number of hydrogen-bond acceptors (Lipinski definition) is 6. The SMILES string of the molecule is CS(=O)(=O)N(CCCC(=O)Nc1ccc(Cc2ccncc2)cc1)c1ccc2c(c1)OCO2. The van der Waals surface area contributed by atoms with Crippen LogP contribution in [0, 0.1) is 0 Å². The lowest BCUT2D eigenvalue weighted by atomic mass is 10.1. The highest BCUT2D eigenvalue weighted by molar-refractivity contribution is 7.92. The van der Waals surface area contributed by atoms with Gasteiger partial charge in [-0.25, -0.2) is 8.42 Å². The van der Waals surface area contributed by atoms with Crippen molar-refractivity contribution in [2.24, 2.45) is 0 Å². The fourth-order valence-corrected chi connectivity index (χ4v) is 4.53. The number of aromatic nitrogens is 1. The van der Waals surface area contributed by atoms with Gasteiger partial charge >= 0.3 is 0 Å². The number of amides is 1. The average molecular weight is 468 g/mol. The van der Waals surface area contributed by atoms with Gasteiger partial charge in [-0.15, -0.1) is 0 Å². The lowest BCUT2D eigenvalue weighted by Crippen LogP contribution is -2.31. The summed E-state index contributed by atoms with van der Waals surface area (Å²) in [7, 11) is -3.52. The number of hydrogen-bond donors (Lipinski definition) is 1. The molecule has 1 aliphatic rings. The van der Waals surface area contributed by atoms with E-state index in [1.54, 1.807) is 30.6 Å². The number of carbonyl (C=O) groups excluding carboxylic acids is 1. The van der Waals surface area contributed by atoms with Crippen molar-refractivity contribution in [3.63, 3.8) is 0 Å². The quantitative estimate of drug-likeness (QED) is 0.517. The molecule has 172 valence electrons. The van der Waals surface area contributed by atoms with E-state index in [0.717, 1.165) is 18.2 Å². The molecular weight excluding hydrogens is 442 g/mol. The third-order valence-corrected chi connectivity index (χ3v) is 6.40. The first-order valence-electron chi connectivity index (χ1n) is 10.5. The Labute approximate surface area is 193 Å². The van der Waals surface area contributed by atoms with E-state index in [9.17, 15) is 13.2 Å². The summed E-state index contributed by atoms with van der Waals surface area (Å²) in [5.74, 6) is 0.917. The average Bonchev–Trinajstić information content (AvgIpc) is 3.26. The Morgan fingerprint density at radius 2 is 1.70 bits per heavy atom. The van der Waals surface area contributed by atoms with Gasteiger partial charge in [0.1, 0.15) is 0 Å². The summed E-state index contributed by atoms with van der Waals surface area (Å²) in [4.78, 5) is 16.4. The molecule has 1 N–H and O–H groups in total. The summed E-state index contributed by atoms with van der Waals surface area (Å²) in [5.41, 5.74) is 3.48. The number of anilines is 2. The van der Waals surface area contributed by atoms with Gasteiger partial charge in [0.15, 0.2) is 11.5 Å². The van der Waals surface area contributed by atoms with Gasteiger partial charge < -0.3 is 14.8 Å². The van der Waals surface area contributed by atoms with Crippen LogP contribution >= 0.6 is 0 Å². The molecule has 33 heavy (non-hydrogen) atoms. The summed E-state index contributed by atoms with van der Waals surface area (Å²) in [5, 5.41) is 2.87. The van der Waals surface area contributed by atoms with Crippen LogP contribution < -0.4 is 19.1 Å². The summed E-state index contributed by atoms with van der Waals surface area (Å²) in [6.07, 6.45) is 6.02. The Balaban J connectivity index is 1.30. The number of fused-ring (bicyclic) bond motifs is 1. The highest BCUT2D eigenvalue weighted by Crippen LogP contribution is 2.36. The van der Waals surface area contributed by atoms with Crippen molar-refractivity contribution in [3.8, 4) is 11.5 Å². The maximum Gasteiger partial charge on any atom is 0.232 e. The molecule has 4 rings (SSSR count). The van der Waals surface area contributed by atoms with Gasteiger partial charge in [0.2, 0.25) is 22.7 Å². The van der Waals surface area contributed by atoms with Crippen molar-refractivity contribution in [1.82, 2.24) is 4.98 Å². The topological polar surface area (TPSA) is 97.8 Å². The largest absolute Gasteiger partial charge is 0.454 e.